The van der Waals surface area contributed by atoms with Crippen LogP contribution in [0, 0.1) is 12.8 Å². The first-order valence-electron chi connectivity index (χ1n) is 13.4. The van der Waals surface area contributed by atoms with Crippen molar-refractivity contribution < 1.29 is 9.53 Å². The van der Waals surface area contributed by atoms with Crippen LogP contribution in [-0.2, 0) is 17.9 Å². The number of anilines is 1. The number of fused-ring (bicyclic) bond motifs is 1. The first-order chi connectivity index (χ1) is 18.1. The zero-order chi connectivity index (χ0) is 25.6. The van der Waals surface area contributed by atoms with Gasteiger partial charge < -0.3 is 19.5 Å². The summed E-state index contributed by atoms with van der Waals surface area (Å²) < 4.78 is 7.96. The van der Waals surface area contributed by atoms with Gasteiger partial charge in [-0.2, -0.15) is 0 Å². The molecule has 3 aromatic carbocycles. The molecule has 1 aliphatic heterocycles. The third kappa shape index (κ3) is 5.96. The Balaban J connectivity index is 1.21. The molecule has 5 rings (SSSR count). The average molecular weight is 497 g/mol. The predicted octanol–water partition coefficient (Wildman–Crippen LogP) is 5.71. The Kier molecular flexibility index (Phi) is 7.73. The van der Waals surface area contributed by atoms with Gasteiger partial charge in [0.25, 0.3) is 0 Å². The molecule has 6 nitrogen and oxygen atoms in total. The van der Waals surface area contributed by atoms with Gasteiger partial charge in [-0.25, -0.2) is 4.98 Å². The highest BCUT2D eigenvalue weighted by molar-refractivity contribution is 5.80. The summed E-state index contributed by atoms with van der Waals surface area (Å²) in [6, 6.07) is 25.0. The summed E-state index contributed by atoms with van der Waals surface area (Å²) in [5.41, 5.74) is 5.76. The highest BCUT2D eigenvalue weighted by atomic mass is 16.5. The van der Waals surface area contributed by atoms with E-state index in [1.54, 1.807) is 0 Å². The fraction of sp³-hybridized carbons (Fsp3) is 0.355. The minimum atomic E-state index is 0.0262. The van der Waals surface area contributed by atoms with E-state index in [0.29, 0.717) is 6.54 Å². The maximum Gasteiger partial charge on any atom is 0.223 e. The highest BCUT2D eigenvalue weighted by Crippen LogP contribution is 2.28. The number of amides is 1. The molecule has 0 spiro atoms. The van der Waals surface area contributed by atoms with Crippen molar-refractivity contribution in [3.63, 3.8) is 0 Å². The van der Waals surface area contributed by atoms with Gasteiger partial charge in [0.1, 0.15) is 5.75 Å². The van der Waals surface area contributed by atoms with E-state index in [4.69, 9.17) is 9.72 Å². The van der Waals surface area contributed by atoms with Crippen molar-refractivity contribution in [1.82, 2.24) is 14.9 Å². The molecule has 6 heteroatoms. The number of rotatable bonds is 9. The summed E-state index contributed by atoms with van der Waals surface area (Å²) in [4.78, 5) is 20.3. The lowest BCUT2D eigenvalue weighted by Gasteiger charge is -2.32. The molecule has 1 aromatic heterocycles. The van der Waals surface area contributed by atoms with E-state index in [-0.39, 0.29) is 11.8 Å². The van der Waals surface area contributed by atoms with E-state index < -0.39 is 0 Å². The molecule has 0 radical (unpaired) electrons. The fourth-order valence-electron chi connectivity index (χ4n) is 4.93. The third-order valence-electron chi connectivity index (χ3n) is 7.11. The summed E-state index contributed by atoms with van der Waals surface area (Å²) in [6.45, 7) is 7.88. The summed E-state index contributed by atoms with van der Waals surface area (Å²) in [5.74, 6) is 2.03. The topological polar surface area (TPSA) is 59.4 Å². The van der Waals surface area contributed by atoms with Crippen molar-refractivity contribution >= 4 is 22.9 Å². The molecule has 1 aliphatic rings. The first kappa shape index (κ1) is 24.9. The Bertz CT molecular complexity index is 1320. The number of carbonyl (C=O) groups is 1. The van der Waals surface area contributed by atoms with Crippen LogP contribution in [0.15, 0.2) is 72.8 Å². The number of aromatic nitrogens is 2. The smallest absolute Gasteiger partial charge is 0.223 e. The standard InChI is InChI=1S/C31H36N4O2/c1-3-20-37-27-14-12-24(13-15-27)21-32-30(36)26-16-18-34(19-17-26)31-33-28-6-4-5-7-29(28)35(31)22-25-10-8-23(2)9-11-25/h4-15,26H,3,16-22H2,1-2H3,(H,32,36). The number of hydrogen-bond acceptors (Lipinski definition) is 4. The molecule has 192 valence electrons. The lowest BCUT2D eigenvalue weighted by molar-refractivity contribution is -0.125. The Morgan fingerprint density at radius 1 is 0.973 bits per heavy atom. The molecule has 1 N–H and O–H groups in total. The third-order valence-corrected chi connectivity index (χ3v) is 7.11. The predicted molar refractivity (Wildman–Crippen MR) is 149 cm³/mol. The quantitative estimate of drug-likeness (QED) is 0.322. The van der Waals surface area contributed by atoms with Crippen molar-refractivity contribution in [2.45, 2.75) is 46.2 Å². The zero-order valence-electron chi connectivity index (χ0n) is 21.8. The van der Waals surface area contributed by atoms with E-state index in [2.05, 4.69) is 71.1 Å². The molecule has 0 atom stereocenters. The highest BCUT2D eigenvalue weighted by Gasteiger charge is 2.27. The lowest BCUT2D eigenvalue weighted by Crippen LogP contribution is -2.41. The largest absolute Gasteiger partial charge is 0.494 e. The van der Waals surface area contributed by atoms with Crippen LogP contribution < -0.4 is 15.0 Å². The Hall–Kier alpha value is -3.80. The fourth-order valence-corrected chi connectivity index (χ4v) is 4.93. The lowest BCUT2D eigenvalue weighted by atomic mass is 9.96. The molecule has 2 heterocycles. The Labute approximate surface area is 219 Å². The number of aryl methyl sites for hydroxylation is 1. The van der Waals surface area contributed by atoms with Gasteiger partial charge in [0.15, 0.2) is 0 Å². The maximum atomic E-state index is 12.9. The number of carbonyl (C=O) groups excluding carboxylic acids is 1. The molecule has 1 amide bonds. The average Bonchev–Trinajstić information content (AvgIpc) is 3.30. The Morgan fingerprint density at radius 2 is 1.68 bits per heavy atom. The number of imidazole rings is 1. The number of piperidine rings is 1. The maximum absolute atomic E-state index is 12.9. The van der Waals surface area contributed by atoms with E-state index in [1.165, 1.54) is 11.1 Å². The molecular formula is C31H36N4O2. The van der Waals surface area contributed by atoms with Crippen LogP contribution in [-0.4, -0.2) is 35.2 Å². The van der Waals surface area contributed by atoms with Crippen LogP contribution in [0.2, 0.25) is 0 Å². The van der Waals surface area contributed by atoms with Crippen LogP contribution in [0.4, 0.5) is 5.95 Å². The van der Waals surface area contributed by atoms with Gasteiger partial charge >= 0.3 is 0 Å². The van der Waals surface area contributed by atoms with Crippen LogP contribution in [0.25, 0.3) is 11.0 Å². The van der Waals surface area contributed by atoms with Gasteiger partial charge in [-0.3, -0.25) is 4.79 Å². The molecule has 1 saturated heterocycles. The van der Waals surface area contributed by atoms with Crippen LogP contribution in [0.1, 0.15) is 42.9 Å². The summed E-state index contributed by atoms with van der Waals surface area (Å²) >= 11 is 0. The zero-order valence-corrected chi connectivity index (χ0v) is 21.8. The minimum Gasteiger partial charge on any atom is -0.494 e. The number of benzene rings is 3. The second kappa shape index (κ2) is 11.5. The van der Waals surface area contributed by atoms with Crippen molar-refractivity contribution in [2.75, 3.05) is 24.6 Å². The molecule has 0 bridgehead atoms. The first-order valence-corrected chi connectivity index (χ1v) is 13.4. The Morgan fingerprint density at radius 3 is 2.41 bits per heavy atom. The normalized spacial score (nSPS) is 14.2. The van der Waals surface area contributed by atoms with E-state index in [1.807, 2.05) is 30.3 Å². The van der Waals surface area contributed by atoms with Gasteiger partial charge in [0, 0.05) is 25.6 Å². The summed E-state index contributed by atoms with van der Waals surface area (Å²) in [6.07, 6.45) is 2.63. The van der Waals surface area contributed by atoms with Gasteiger partial charge in [0.2, 0.25) is 11.9 Å². The number of nitrogens with one attached hydrogen (secondary N) is 1. The molecule has 4 aromatic rings. The van der Waals surface area contributed by atoms with Crippen LogP contribution >= 0.6 is 0 Å². The van der Waals surface area contributed by atoms with Gasteiger partial charge in [0.05, 0.1) is 24.2 Å². The van der Waals surface area contributed by atoms with Crippen LogP contribution in [0.5, 0.6) is 5.75 Å². The number of hydrogen-bond donors (Lipinski definition) is 1. The number of ether oxygens (including phenoxy) is 1. The number of para-hydroxylation sites is 2. The molecule has 0 unspecified atom stereocenters. The van der Waals surface area contributed by atoms with E-state index in [9.17, 15) is 4.79 Å². The second-order valence-electron chi connectivity index (χ2n) is 9.94. The van der Waals surface area contributed by atoms with Gasteiger partial charge in [-0.1, -0.05) is 61.0 Å². The SMILES string of the molecule is CCCOc1ccc(CNC(=O)C2CCN(c3nc4ccccc4n3Cc3ccc(C)cc3)CC2)cc1. The van der Waals surface area contributed by atoms with Crippen molar-refractivity contribution in [1.29, 1.82) is 0 Å². The summed E-state index contributed by atoms with van der Waals surface area (Å²) in [7, 11) is 0. The molecule has 0 saturated carbocycles. The molecular weight excluding hydrogens is 460 g/mol. The minimum absolute atomic E-state index is 0.0262. The summed E-state index contributed by atoms with van der Waals surface area (Å²) in [5, 5.41) is 3.14. The van der Waals surface area contributed by atoms with E-state index in [0.717, 1.165) is 73.8 Å². The molecule has 0 aliphatic carbocycles. The van der Waals surface area contributed by atoms with Crippen molar-refractivity contribution in [2.24, 2.45) is 5.92 Å². The molecule has 1 fully saturated rings. The number of nitrogens with zero attached hydrogens (tertiary/aromatic N) is 3. The van der Waals surface area contributed by atoms with Gasteiger partial charge in [-0.15, -0.1) is 0 Å². The van der Waals surface area contributed by atoms with Crippen molar-refractivity contribution in [3.8, 4) is 5.75 Å². The van der Waals surface area contributed by atoms with Gasteiger partial charge in [-0.05, 0) is 61.6 Å². The monoisotopic (exact) mass is 496 g/mol. The molecule has 37 heavy (non-hydrogen) atoms. The van der Waals surface area contributed by atoms with E-state index >= 15 is 0 Å². The van der Waals surface area contributed by atoms with Crippen molar-refractivity contribution in [3.05, 3.63) is 89.5 Å². The van der Waals surface area contributed by atoms with Crippen LogP contribution in [0.3, 0.4) is 0 Å². The second-order valence-corrected chi connectivity index (χ2v) is 9.94.